The molecule has 1 aromatic rings. The molecule has 0 heterocycles. The number of hydrogen-bond acceptors (Lipinski definition) is 3. The highest BCUT2D eigenvalue weighted by Crippen LogP contribution is 2.19. The van der Waals surface area contributed by atoms with E-state index in [-0.39, 0.29) is 25.5 Å². The van der Waals surface area contributed by atoms with E-state index in [1.54, 1.807) is 7.11 Å². The molecule has 0 fully saturated rings. The van der Waals surface area contributed by atoms with Crippen LogP contribution in [0.4, 0.5) is 0 Å². The van der Waals surface area contributed by atoms with Crippen LogP contribution in [-0.4, -0.2) is 31.3 Å². The number of aliphatic hydroxyl groups is 1. The smallest absolute Gasteiger partial charge is 0.224 e. The summed E-state index contributed by atoms with van der Waals surface area (Å²) in [5, 5.41) is 11.2. The fraction of sp³-hybridized carbons (Fsp3) is 0.417. The van der Waals surface area contributed by atoms with Crippen LogP contribution in [0.15, 0.2) is 18.2 Å². The number of nitrogens with one attached hydrogen (secondary N) is 1. The second-order valence-electron chi connectivity index (χ2n) is 3.57. The number of rotatable bonds is 5. The third kappa shape index (κ3) is 3.55. The summed E-state index contributed by atoms with van der Waals surface area (Å²) in [5.41, 5.74) is 1.95. The van der Waals surface area contributed by atoms with E-state index in [0.29, 0.717) is 5.75 Å². The molecule has 0 spiro atoms. The van der Waals surface area contributed by atoms with E-state index in [9.17, 15) is 4.79 Å². The number of carbonyl (C=O) groups is 1. The maximum absolute atomic E-state index is 11.5. The summed E-state index contributed by atoms with van der Waals surface area (Å²) in [6, 6.07) is 5.72. The van der Waals surface area contributed by atoms with Gasteiger partial charge >= 0.3 is 0 Å². The Kier molecular flexibility index (Phi) is 4.79. The number of carbonyl (C=O) groups excluding carboxylic acids is 1. The predicted octanol–water partition coefficient (Wildman–Crippen LogP) is 0.655. The first-order valence-corrected chi connectivity index (χ1v) is 5.18. The van der Waals surface area contributed by atoms with E-state index in [1.165, 1.54) is 0 Å². The first kappa shape index (κ1) is 12.5. The van der Waals surface area contributed by atoms with Crippen molar-refractivity contribution in [2.75, 3.05) is 20.3 Å². The van der Waals surface area contributed by atoms with Crippen LogP contribution in [0, 0.1) is 6.92 Å². The lowest BCUT2D eigenvalue weighted by Gasteiger charge is -2.09. The van der Waals surface area contributed by atoms with Gasteiger partial charge in [0, 0.05) is 12.1 Å². The Labute approximate surface area is 95.2 Å². The number of ether oxygens (including phenoxy) is 1. The van der Waals surface area contributed by atoms with Crippen molar-refractivity contribution in [3.8, 4) is 5.75 Å². The van der Waals surface area contributed by atoms with Gasteiger partial charge in [-0.1, -0.05) is 17.7 Å². The third-order valence-electron chi connectivity index (χ3n) is 2.22. The molecule has 0 aliphatic carbocycles. The van der Waals surface area contributed by atoms with Gasteiger partial charge < -0.3 is 15.2 Å². The number of aryl methyl sites for hydroxylation is 1. The molecule has 16 heavy (non-hydrogen) atoms. The van der Waals surface area contributed by atoms with Crippen LogP contribution in [0.5, 0.6) is 5.75 Å². The molecule has 0 atom stereocenters. The van der Waals surface area contributed by atoms with Gasteiger partial charge in [-0.2, -0.15) is 0 Å². The minimum atomic E-state index is -0.113. The number of aliphatic hydroxyl groups excluding tert-OH is 1. The predicted molar refractivity (Wildman–Crippen MR) is 61.5 cm³/mol. The molecule has 0 aliphatic rings. The van der Waals surface area contributed by atoms with E-state index < -0.39 is 0 Å². The molecule has 1 rings (SSSR count). The zero-order chi connectivity index (χ0) is 12.0. The van der Waals surface area contributed by atoms with Crippen molar-refractivity contribution >= 4 is 5.91 Å². The van der Waals surface area contributed by atoms with E-state index >= 15 is 0 Å². The molecule has 2 N–H and O–H groups in total. The lowest BCUT2D eigenvalue weighted by molar-refractivity contribution is -0.120. The number of amides is 1. The van der Waals surface area contributed by atoms with Gasteiger partial charge in [0.15, 0.2) is 0 Å². The molecule has 0 saturated carbocycles. The minimum Gasteiger partial charge on any atom is -0.496 e. The summed E-state index contributed by atoms with van der Waals surface area (Å²) in [4.78, 5) is 11.5. The second kappa shape index (κ2) is 6.12. The highest BCUT2D eigenvalue weighted by Gasteiger charge is 2.08. The molecule has 1 amide bonds. The molecule has 0 bridgehead atoms. The summed E-state index contributed by atoms with van der Waals surface area (Å²) >= 11 is 0. The number of hydrogen-bond donors (Lipinski definition) is 2. The Balaban J connectivity index is 2.71. The maximum atomic E-state index is 11.5. The number of methoxy groups -OCH3 is 1. The van der Waals surface area contributed by atoms with Gasteiger partial charge in [-0.15, -0.1) is 0 Å². The van der Waals surface area contributed by atoms with Crippen LogP contribution in [-0.2, 0) is 11.2 Å². The molecule has 0 radical (unpaired) electrons. The first-order valence-electron chi connectivity index (χ1n) is 5.18. The highest BCUT2D eigenvalue weighted by molar-refractivity contribution is 5.79. The van der Waals surface area contributed by atoms with Gasteiger partial charge in [0.05, 0.1) is 20.1 Å². The standard InChI is InChI=1S/C12H17NO3/c1-9-3-4-11(16-2)10(7-9)8-12(15)13-5-6-14/h3-4,7,14H,5-6,8H2,1-2H3,(H,13,15). The molecule has 0 unspecified atom stereocenters. The van der Waals surface area contributed by atoms with Crippen molar-refractivity contribution in [3.63, 3.8) is 0 Å². The average molecular weight is 223 g/mol. The van der Waals surface area contributed by atoms with Crippen LogP contribution in [0.2, 0.25) is 0 Å². The fourth-order valence-corrected chi connectivity index (χ4v) is 1.48. The van der Waals surface area contributed by atoms with E-state index in [0.717, 1.165) is 11.1 Å². The Morgan fingerprint density at radius 3 is 2.88 bits per heavy atom. The van der Waals surface area contributed by atoms with E-state index in [4.69, 9.17) is 9.84 Å². The lowest BCUT2D eigenvalue weighted by atomic mass is 10.1. The zero-order valence-electron chi connectivity index (χ0n) is 9.62. The lowest BCUT2D eigenvalue weighted by Crippen LogP contribution is -2.28. The second-order valence-corrected chi connectivity index (χ2v) is 3.57. The van der Waals surface area contributed by atoms with Crippen molar-refractivity contribution in [2.45, 2.75) is 13.3 Å². The fourth-order valence-electron chi connectivity index (χ4n) is 1.48. The van der Waals surface area contributed by atoms with Crippen molar-refractivity contribution < 1.29 is 14.6 Å². The van der Waals surface area contributed by atoms with Crippen molar-refractivity contribution in [3.05, 3.63) is 29.3 Å². The molecule has 0 aliphatic heterocycles. The van der Waals surface area contributed by atoms with Crippen LogP contribution in [0.3, 0.4) is 0 Å². The van der Waals surface area contributed by atoms with E-state index in [1.807, 2.05) is 25.1 Å². The summed E-state index contributed by atoms with van der Waals surface area (Å²) in [6.07, 6.45) is 0.269. The summed E-state index contributed by atoms with van der Waals surface area (Å²) in [7, 11) is 1.58. The minimum absolute atomic E-state index is 0.0449. The zero-order valence-corrected chi connectivity index (χ0v) is 9.62. The summed E-state index contributed by atoms with van der Waals surface area (Å²) in [5.74, 6) is 0.600. The van der Waals surface area contributed by atoms with Crippen LogP contribution < -0.4 is 10.1 Å². The maximum Gasteiger partial charge on any atom is 0.224 e. The molecule has 0 saturated heterocycles. The normalized spacial score (nSPS) is 9.94. The Bertz CT molecular complexity index is 363. The molecule has 1 aromatic carbocycles. The number of benzene rings is 1. The van der Waals surface area contributed by atoms with Gasteiger partial charge in [0.1, 0.15) is 5.75 Å². The SMILES string of the molecule is COc1ccc(C)cc1CC(=O)NCCO. The molecular weight excluding hydrogens is 206 g/mol. The quantitative estimate of drug-likeness (QED) is 0.770. The molecular formula is C12H17NO3. The van der Waals surface area contributed by atoms with Crippen molar-refractivity contribution in [2.24, 2.45) is 0 Å². The Morgan fingerprint density at radius 2 is 2.25 bits per heavy atom. The van der Waals surface area contributed by atoms with Crippen LogP contribution in [0.1, 0.15) is 11.1 Å². The van der Waals surface area contributed by atoms with Crippen molar-refractivity contribution in [1.29, 1.82) is 0 Å². The van der Waals surface area contributed by atoms with E-state index in [2.05, 4.69) is 5.32 Å². The van der Waals surface area contributed by atoms with Crippen LogP contribution in [0.25, 0.3) is 0 Å². The van der Waals surface area contributed by atoms with Crippen LogP contribution >= 0.6 is 0 Å². The van der Waals surface area contributed by atoms with Gasteiger partial charge in [-0.05, 0) is 13.0 Å². The van der Waals surface area contributed by atoms with Gasteiger partial charge in [0.25, 0.3) is 0 Å². The highest BCUT2D eigenvalue weighted by atomic mass is 16.5. The molecule has 0 aromatic heterocycles. The topological polar surface area (TPSA) is 58.6 Å². The average Bonchev–Trinajstić information content (AvgIpc) is 2.27. The summed E-state index contributed by atoms with van der Waals surface area (Å²) < 4.78 is 5.18. The Hall–Kier alpha value is -1.55. The largest absolute Gasteiger partial charge is 0.496 e. The van der Waals surface area contributed by atoms with Gasteiger partial charge in [-0.3, -0.25) is 4.79 Å². The molecule has 4 nitrogen and oxygen atoms in total. The van der Waals surface area contributed by atoms with Gasteiger partial charge in [-0.25, -0.2) is 0 Å². The van der Waals surface area contributed by atoms with Crippen molar-refractivity contribution in [1.82, 2.24) is 5.32 Å². The van der Waals surface area contributed by atoms with Gasteiger partial charge in [0.2, 0.25) is 5.91 Å². The molecule has 88 valence electrons. The summed E-state index contributed by atoms with van der Waals surface area (Å²) in [6.45, 7) is 2.21. The third-order valence-corrected chi connectivity index (χ3v) is 2.22. The first-order chi connectivity index (χ1) is 7.67. The monoisotopic (exact) mass is 223 g/mol. The Morgan fingerprint density at radius 1 is 1.50 bits per heavy atom. The molecule has 4 heteroatoms.